The molecule has 2 aromatic heterocycles. The van der Waals surface area contributed by atoms with E-state index in [-0.39, 0.29) is 17.4 Å². The first-order chi connectivity index (χ1) is 14.5. The first-order valence-electron chi connectivity index (χ1n) is 9.04. The lowest BCUT2D eigenvalue weighted by molar-refractivity contribution is -0.111. The number of carbonyl (C=O) groups is 1. The van der Waals surface area contributed by atoms with E-state index in [1.807, 2.05) is 6.07 Å². The molecule has 4 rings (SSSR count). The standard InChI is InChI=1S/C21H18FN7O/c1-3-18(30)24-13-6-4-7-14(10-13)25-20-16-8-5-9-17(22)19(16)27-21(28-20)26-15-11-23-29(2)12-15/h3-12H,1H2,2H3,(H,24,30)(H2,25,26,27,28). The largest absolute Gasteiger partial charge is 0.339 e. The van der Waals surface area contributed by atoms with Crippen LogP contribution in [-0.2, 0) is 11.8 Å². The Morgan fingerprint density at radius 1 is 1.10 bits per heavy atom. The maximum absolute atomic E-state index is 14.5. The lowest BCUT2D eigenvalue weighted by Gasteiger charge is -2.12. The summed E-state index contributed by atoms with van der Waals surface area (Å²) >= 11 is 0. The second-order valence-electron chi connectivity index (χ2n) is 6.46. The smallest absolute Gasteiger partial charge is 0.247 e. The molecular formula is C21H18FN7O. The number of anilines is 5. The first kappa shape index (κ1) is 19.1. The highest BCUT2D eigenvalue weighted by Gasteiger charge is 2.12. The molecule has 150 valence electrons. The maximum Gasteiger partial charge on any atom is 0.247 e. The van der Waals surface area contributed by atoms with Crippen LogP contribution >= 0.6 is 0 Å². The van der Waals surface area contributed by atoms with Gasteiger partial charge in [-0.1, -0.05) is 18.7 Å². The van der Waals surface area contributed by atoms with Crippen molar-refractivity contribution in [2.24, 2.45) is 7.05 Å². The minimum atomic E-state index is -0.459. The molecule has 0 unspecified atom stereocenters. The monoisotopic (exact) mass is 403 g/mol. The van der Waals surface area contributed by atoms with E-state index in [4.69, 9.17) is 0 Å². The van der Waals surface area contributed by atoms with Crippen LogP contribution in [0.3, 0.4) is 0 Å². The molecule has 0 saturated carbocycles. The fourth-order valence-electron chi connectivity index (χ4n) is 2.89. The third-order valence-electron chi connectivity index (χ3n) is 4.22. The number of hydrogen-bond acceptors (Lipinski definition) is 6. The average Bonchev–Trinajstić information content (AvgIpc) is 3.13. The number of amides is 1. The van der Waals surface area contributed by atoms with Crippen LogP contribution in [0.1, 0.15) is 0 Å². The highest BCUT2D eigenvalue weighted by Crippen LogP contribution is 2.28. The van der Waals surface area contributed by atoms with Gasteiger partial charge in [0.1, 0.15) is 17.2 Å². The molecule has 9 heteroatoms. The highest BCUT2D eigenvalue weighted by molar-refractivity contribution is 5.99. The predicted octanol–water partition coefficient (Wildman–Crippen LogP) is 4.11. The van der Waals surface area contributed by atoms with Gasteiger partial charge in [-0.05, 0) is 36.4 Å². The summed E-state index contributed by atoms with van der Waals surface area (Å²) in [5.41, 5.74) is 2.10. The van der Waals surface area contributed by atoms with E-state index < -0.39 is 5.82 Å². The van der Waals surface area contributed by atoms with Gasteiger partial charge in [-0.2, -0.15) is 10.1 Å². The molecule has 2 heterocycles. The number of para-hydroxylation sites is 1. The number of carbonyl (C=O) groups excluding carboxylic acids is 1. The number of nitrogens with zero attached hydrogens (tertiary/aromatic N) is 4. The SMILES string of the molecule is C=CC(=O)Nc1cccc(Nc2nc(Nc3cnn(C)c3)nc3c(F)cccc23)c1. The van der Waals surface area contributed by atoms with Crippen molar-refractivity contribution in [1.82, 2.24) is 19.7 Å². The fraction of sp³-hybridized carbons (Fsp3) is 0.0476. The van der Waals surface area contributed by atoms with Crippen LogP contribution in [0.5, 0.6) is 0 Å². The summed E-state index contributed by atoms with van der Waals surface area (Å²) in [5, 5.41) is 13.5. The van der Waals surface area contributed by atoms with Gasteiger partial charge < -0.3 is 16.0 Å². The molecular weight excluding hydrogens is 385 g/mol. The van der Waals surface area contributed by atoms with E-state index >= 15 is 0 Å². The summed E-state index contributed by atoms with van der Waals surface area (Å²) in [4.78, 5) is 20.4. The molecule has 0 spiro atoms. The molecule has 0 aliphatic heterocycles. The van der Waals surface area contributed by atoms with Gasteiger partial charge in [-0.15, -0.1) is 0 Å². The molecule has 0 atom stereocenters. The summed E-state index contributed by atoms with van der Waals surface area (Å²) in [7, 11) is 1.79. The summed E-state index contributed by atoms with van der Waals surface area (Å²) in [6.07, 6.45) is 4.57. The van der Waals surface area contributed by atoms with Crippen LogP contribution in [0, 0.1) is 5.82 Å². The second-order valence-corrected chi connectivity index (χ2v) is 6.46. The summed E-state index contributed by atoms with van der Waals surface area (Å²) in [5.74, 6) is -0.138. The third kappa shape index (κ3) is 4.09. The molecule has 30 heavy (non-hydrogen) atoms. The van der Waals surface area contributed by atoms with Crippen LogP contribution in [0.25, 0.3) is 10.9 Å². The van der Waals surface area contributed by atoms with Crippen molar-refractivity contribution in [3.8, 4) is 0 Å². The minimum absolute atomic E-state index is 0.178. The molecule has 0 saturated heterocycles. The normalized spacial score (nSPS) is 10.6. The molecule has 0 fully saturated rings. The Morgan fingerprint density at radius 2 is 1.90 bits per heavy atom. The molecule has 0 aliphatic rings. The Balaban J connectivity index is 1.72. The van der Waals surface area contributed by atoms with Gasteiger partial charge in [-0.3, -0.25) is 9.48 Å². The van der Waals surface area contributed by atoms with E-state index in [1.54, 1.807) is 54.5 Å². The van der Waals surface area contributed by atoms with Crippen LogP contribution in [0.4, 0.5) is 33.2 Å². The Bertz CT molecular complexity index is 1250. The van der Waals surface area contributed by atoms with Crippen molar-refractivity contribution in [3.05, 3.63) is 73.3 Å². The van der Waals surface area contributed by atoms with Gasteiger partial charge in [0, 0.05) is 30.0 Å². The number of halogens is 1. The zero-order valence-corrected chi connectivity index (χ0v) is 16.1. The Hall–Kier alpha value is -4.27. The number of aromatic nitrogens is 4. The van der Waals surface area contributed by atoms with Crippen molar-refractivity contribution >= 4 is 45.6 Å². The lowest BCUT2D eigenvalue weighted by Crippen LogP contribution is -2.07. The average molecular weight is 403 g/mol. The molecule has 2 aromatic carbocycles. The molecule has 3 N–H and O–H groups in total. The molecule has 1 amide bonds. The van der Waals surface area contributed by atoms with Crippen molar-refractivity contribution in [1.29, 1.82) is 0 Å². The quantitative estimate of drug-likeness (QED) is 0.419. The van der Waals surface area contributed by atoms with Gasteiger partial charge >= 0.3 is 0 Å². The molecule has 0 radical (unpaired) electrons. The van der Waals surface area contributed by atoms with Crippen LogP contribution in [0.2, 0.25) is 0 Å². The van der Waals surface area contributed by atoms with E-state index in [0.29, 0.717) is 28.3 Å². The molecule has 8 nitrogen and oxygen atoms in total. The summed E-state index contributed by atoms with van der Waals surface area (Å²) < 4.78 is 16.1. The second kappa shape index (κ2) is 8.00. The number of aryl methyl sites for hydroxylation is 1. The Labute approximate surface area is 171 Å². The van der Waals surface area contributed by atoms with Crippen LogP contribution in [0.15, 0.2) is 67.5 Å². The first-order valence-corrected chi connectivity index (χ1v) is 9.04. The third-order valence-corrected chi connectivity index (χ3v) is 4.22. The van der Waals surface area contributed by atoms with Crippen molar-refractivity contribution in [3.63, 3.8) is 0 Å². The van der Waals surface area contributed by atoms with Gasteiger partial charge in [-0.25, -0.2) is 9.37 Å². The number of rotatable bonds is 6. The topological polar surface area (TPSA) is 96.8 Å². The van der Waals surface area contributed by atoms with Gasteiger partial charge in [0.25, 0.3) is 0 Å². The highest BCUT2D eigenvalue weighted by atomic mass is 19.1. The minimum Gasteiger partial charge on any atom is -0.339 e. The van der Waals surface area contributed by atoms with Crippen molar-refractivity contribution in [2.45, 2.75) is 0 Å². The molecule has 0 bridgehead atoms. The Morgan fingerprint density at radius 3 is 2.67 bits per heavy atom. The van der Waals surface area contributed by atoms with E-state index in [9.17, 15) is 9.18 Å². The molecule has 0 aliphatic carbocycles. The Kier molecular flexibility index (Phi) is 5.08. The van der Waals surface area contributed by atoms with Gasteiger partial charge in [0.05, 0.1) is 11.9 Å². The van der Waals surface area contributed by atoms with E-state index in [2.05, 4.69) is 37.6 Å². The maximum atomic E-state index is 14.5. The predicted molar refractivity (Wildman–Crippen MR) is 115 cm³/mol. The van der Waals surface area contributed by atoms with E-state index in [1.165, 1.54) is 12.1 Å². The zero-order chi connectivity index (χ0) is 21.1. The molecule has 4 aromatic rings. The van der Waals surface area contributed by atoms with Crippen LogP contribution < -0.4 is 16.0 Å². The number of nitrogens with one attached hydrogen (secondary N) is 3. The lowest BCUT2D eigenvalue weighted by atomic mass is 10.2. The van der Waals surface area contributed by atoms with Crippen molar-refractivity contribution in [2.75, 3.05) is 16.0 Å². The van der Waals surface area contributed by atoms with Crippen molar-refractivity contribution < 1.29 is 9.18 Å². The summed E-state index contributed by atoms with van der Waals surface area (Å²) in [6, 6.07) is 11.8. The number of fused-ring (bicyclic) bond motifs is 1. The fourth-order valence-corrected chi connectivity index (χ4v) is 2.89. The summed E-state index contributed by atoms with van der Waals surface area (Å²) in [6.45, 7) is 3.44. The number of benzene rings is 2. The van der Waals surface area contributed by atoms with Gasteiger partial charge in [0.15, 0.2) is 0 Å². The van der Waals surface area contributed by atoms with Crippen LogP contribution in [-0.4, -0.2) is 25.7 Å². The van der Waals surface area contributed by atoms with Gasteiger partial charge in [0.2, 0.25) is 11.9 Å². The zero-order valence-electron chi connectivity index (χ0n) is 16.1. The van der Waals surface area contributed by atoms with E-state index in [0.717, 1.165) is 0 Å². The number of hydrogen-bond donors (Lipinski definition) is 3.